The van der Waals surface area contributed by atoms with E-state index in [1.54, 1.807) is 12.1 Å². The normalized spacial score (nSPS) is 20.6. The number of hydrogen-bond donors (Lipinski definition) is 0. The fraction of sp³-hybridized carbons (Fsp3) is 0.350. The fourth-order valence-corrected chi connectivity index (χ4v) is 3.19. The predicted octanol–water partition coefficient (Wildman–Crippen LogP) is 5.48. The summed E-state index contributed by atoms with van der Waals surface area (Å²) in [6, 6.07) is 10.4. The Morgan fingerprint density at radius 3 is 2.25 bits per heavy atom. The van der Waals surface area contributed by atoms with Crippen molar-refractivity contribution in [3.8, 4) is 5.75 Å². The van der Waals surface area contributed by atoms with E-state index in [0.29, 0.717) is 11.5 Å². The Bertz CT molecular complexity index is 717. The number of carbonyl (C=O) groups is 1. The quantitative estimate of drug-likeness (QED) is 0.550. The Hall–Kier alpha value is -2.23. The zero-order valence-electron chi connectivity index (χ0n) is 13.6. The number of rotatable bonds is 3. The lowest BCUT2D eigenvalue weighted by Gasteiger charge is -2.26. The van der Waals surface area contributed by atoms with E-state index in [0.717, 1.165) is 18.1 Å². The summed E-state index contributed by atoms with van der Waals surface area (Å²) < 4.78 is 31.1. The minimum Gasteiger partial charge on any atom is -0.423 e. The van der Waals surface area contributed by atoms with E-state index in [9.17, 15) is 13.6 Å². The van der Waals surface area contributed by atoms with Crippen LogP contribution in [-0.2, 0) is 0 Å². The van der Waals surface area contributed by atoms with Crippen LogP contribution in [0, 0.1) is 17.6 Å². The van der Waals surface area contributed by atoms with Gasteiger partial charge in [0.2, 0.25) is 0 Å². The SMILES string of the molecule is CC1CCC(c2ccc(C(=O)Oc3ccc(F)c(F)c3)cc2)CC1. The highest BCUT2D eigenvalue weighted by Crippen LogP contribution is 2.35. The number of carbonyl (C=O) groups excluding carboxylic acids is 1. The standard InChI is InChI=1S/C20H20F2O2/c1-13-2-4-14(5-3-13)15-6-8-16(9-7-15)20(23)24-17-10-11-18(21)19(22)12-17/h6-14H,2-5H2,1H3. The van der Waals surface area contributed by atoms with E-state index in [-0.39, 0.29) is 5.75 Å². The molecule has 24 heavy (non-hydrogen) atoms. The van der Waals surface area contributed by atoms with Crippen LogP contribution in [0.15, 0.2) is 42.5 Å². The maximum absolute atomic E-state index is 13.2. The van der Waals surface area contributed by atoms with Crippen molar-refractivity contribution in [1.29, 1.82) is 0 Å². The molecule has 0 amide bonds. The molecule has 4 heteroatoms. The van der Waals surface area contributed by atoms with Gasteiger partial charge in [0.15, 0.2) is 11.6 Å². The van der Waals surface area contributed by atoms with Crippen LogP contribution in [0.25, 0.3) is 0 Å². The molecular formula is C20H20F2O2. The number of benzene rings is 2. The maximum Gasteiger partial charge on any atom is 0.343 e. The molecule has 0 aliphatic heterocycles. The molecule has 2 aromatic rings. The topological polar surface area (TPSA) is 26.3 Å². The Kier molecular flexibility index (Phi) is 4.93. The molecule has 1 aliphatic rings. The second kappa shape index (κ2) is 7.12. The van der Waals surface area contributed by atoms with E-state index in [4.69, 9.17) is 4.74 Å². The number of hydrogen-bond acceptors (Lipinski definition) is 2. The van der Waals surface area contributed by atoms with Gasteiger partial charge in [-0.25, -0.2) is 13.6 Å². The van der Waals surface area contributed by atoms with Crippen LogP contribution in [0.3, 0.4) is 0 Å². The average Bonchev–Trinajstić information content (AvgIpc) is 2.59. The first kappa shape index (κ1) is 16.6. The predicted molar refractivity (Wildman–Crippen MR) is 88.1 cm³/mol. The van der Waals surface area contributed by atoms with E-state index < -0.39 is 17.6 Å². The smallest absolute Gasteiger partial charge is 0.343 e. The van der Waals surface area contributed by atoms with Crippen LogP contribution in [0.4, 0.5) is 8.78 Å². The van der Waals surface area contributed by atoms with Crippen molar-refractivity contribution in [1.82, 2.24) is 0 Å². The number of esters is 1. The average molecular weight is 330 g/mol. The summed E-state index contributed by atoms with van der Waals surface area (Å²) in [4.78, 5) is 12.1. The van der Waals surface area contributed by atoms with E-state index in [1.165, 1.54) is 37.3 Å². The molecule has 0 N–H and O–H groups in total. The third-order valence-corrected chi connectivity index (χ3v) is 4.74. The summed E-state index contributed by atoms with van der Waals surface area (Å²) >= 11 is 0. The zero-order chi connectivity index (χ0) is 17.1. The molecule has 0 saturated heterocycles. The fourth-order valence-electron chi connectivity index (χ4n) is 3.19. The molecule has 0 unspecified atom stereocenters. The molecule has 0 heterocycles. The van der Waals surface area contributed by atoms with Crippen molar-refractivity contribution in [2.24, 2.45) is 5.92 Å². The van der Waals surface area contributed by atoms with Crippen molar-refractivity contribution in [3.63, 3.8) is 0 Å². The van der Waals surface area contributed by atoms with E-state index in [2.05, 4.69) is 6.92 Å². The summed E-state index contributed by atoms with van der Waals surface area (Å²) in [5.41, 5.74) is 1.64. The summed E-state index contributed by atoms with van der Waals surface area (Å²) in [7, 11) is 0. The summed E-state index contributed by atoms with van der Waals surface area (Å²) in [6.07, 6.45) is 4.84. The minimum absolute atomic E-state index is 0.00996. The molecule has 0 radical (unpaired) electrons. The van der Waals surface area contributed by atoms with Gasteiger partial charge in [-0.05, 0) is 54.5 Å². The lowest BCUT2D eigenvalue weighted by atomic mass is 9.79. The van der Waals surface area contributed by atoms with Crippen LogP contribution in [0.1, 0.15) is 54.4 Å². The first-order chi connectivity index (χ1) is 11.5. The Balaban J connectivity index is 1.66. The van der Waals surface area contributed by atoms with Gasteiger partial charge in [0.1, 0.15) is 5.75 Å². The van der Waals surface area contributed by atoms with Gasteiger partial charge in [-0.15, -0.1) is 0 Å². The molecule has 2 nitrogen and oxygen atoms in total. The van der Waals surface area contributed by atoms with Gasteiger partial charge >= 0.3 is 5.97 Å². The minimum atomic E-state index is -1.04. The number of halogens is 2. The molecule has 1 fully saturated rings. The van der Waals surface area contributed by atoms with Gasteiger partial charge in [0, 0.05) is 6.07 Å². The molecule has 1 aliphatic carbocycles. The zero-order valence-corrected chi connectivity index (χ0v) is 13.6. The largest absolute Gasteiger partial charge is 0.423 e. The maximum atomic E-state index is 13.2. The van der Waals surface area contributed by atoms with Gasteiger partial charge in [0.05, 0.1) is 5.56 Å². The first-order valence-corrected chi connectivity index (χ1v) is 8.30. The first-order valence-electron chi connectivity index (χ1n) is 8.30. The van der Waals surface area contributed by atoms with E-state index in [1.807, 2.05) is 12.1 Å². The lowest BCUT2D eigenvalue weighted by Crippen LogP contribution is -2.12. The van der Waals surface area contributed by atoms with Crippen molar-refractivity contribution in [2.45, 2.75) is 38.5 Å². The van der Waals surface area contributed by atoms with Gasteiger partial charge in [-0.2, -0.15) is 0 Å². The van der Waals surface area contributed by atoms with E-state index >= 15 is 0 Å². The molecule has 0 bridgehead atoms. The Morgan fingerprint density at radius 2 is 1.62 bits per heavy atom. The Labute approximate surface area is 140 Å². The molecule has 1 saturated carbocycles. The summed E-state index contributed by atoms with van der Waals surface area (Å²) in [5.74, 6) is -1.25. The Morgan fingerprint density at radius 1 is 0.958 bits per heavy atom. The van der Waals surface area contributed by atoms with Crippen molar-refractivity contribution < 1.29 is 18.3 Å². The van der Waals surface area contributed by atoms with Crippen LogP contribution in [0.2, 0.25) is 0 Å². The highest BCUT2D eigenvalue weighted by molar-refractivity contribution is 5.91. The number of ether oxygens (including phenoxy) is 1. The van der Waals surface area contributed by atoms with Crippen LogP contribution < -0.4 is 4.74 Å². The highest BCUT2D eigenvalue weighted by atomic mass is 19.2. The van der Waals surface area contributed by atoms with Gasteiger partial charge in [-0.1, -0.05) is 31.9 Å². The molecule has 126 valence electrons. The lowest BCUT2D eigenvalue weighted by molar-refractivity contribution is 0.0734. The molecule has 0 spiro atoms. The summed E-state index contributed by atoms with van der Waals surface area (Å²) in [6.45, 7) is 2.29. The highest BCUT2D eigenvalue weighted by Gasteiger charge is 2.20. The molecule has 0 aromatic heterocycles. The van der Waals surface area contributed by atoms with Crippen molar-refractivity contribution in [2.75, 3.05) is 0 Å². The third-order valence-electron chi connectivity index (χ3n) is 4.74. The van der Waals surface area contributed by atoms with Gasteiger partial charge in [-0.3, -0.25) is 0 Å². The molecular weight excluding hydrogens is 310 g/mol. The van der Waals surface area contributed by atoms with Crippen LogP contribution in [-0.4, -0.2) is 5.97 Å². The van der Waals surface area contributed by atoms with Gasteiger partial charge < -0.3 is 4.74 Å². The van der Waals surface area contributed by atoms with Crippen LogP contribution >= 0.6 is 0 Å². The second-order valence-electron chi connectivity index (χ2n) is 6.54. The summed E-state index contributed by atoms with van der Waals surface area (Å²) in [5, 5.41) is 0. The third kappa shape index (κ3) is 3.81. The molecule has 0 atom stereocenters. The van der Waals surface area contributed by atoms with Gasteiger partial charge in [0.25, 0.3) is 0 Å². The monoisotopic (exact) mass is 330 g/mol. The molecule has 3 rings (SSSR count). The molecule has 2 aromatic carbocycles. The van der Waals surface area contributed by atoms with Crippen LogP contribution in [0.5, 0.6) is 5.75 Å². The van der Waals surface area contributed by atoms with Crippen molar-refractivity contribution in [3.05, 3.63) is 65.2 Å². The second-order valence-corrected chi connectivity index (χ2v) is 6.54. The van der Waals surface area contributed by atoms with Crippen molar-refractivity contribution >= 4 is 5.97 Å².